The summed E-state index contributed by atoms with van der Waals surface area (Å²) >= 11 is 0. The van der Waals surface area contributed by atoms with Crippen molar-refractivity contribution in [3.05, 3.63) is 53.6 Å². The first-order chi connectivity index (χ1) is 13.4. The molecule has 3 amide bonds. The fraction of sp³-hybridized carbons (Fsp3) is 0.333. The third kappa shape index (κ3) is 7.09. The van der Waals surface area contributed by atoms with Crippen LogP contribution >= 0.6 is 24.8 Å². The molecule has 7 nitrogen and oxygen atoms in total. The number of likely N-dealkylation sites (tertiary alicyclic amines) is 1. The molecule has 164 valence electrons. The lowest BCUT2D eigenvalue weighted by Gasteiger charge is -2.29. The lowest BCUT2D eigenvalue weighted by atomic mass is 10.1. The Kier molecular flexibility index (Phi) is 9.92. The largest absolute Gasteiger partial charge is 0.399 e. The number of rotatable bonds is 4. The summed E-state index contributed by atoms with van der Waals surface area (Å²) in [6, 6.07) is 12.3. The average molecular weight is 454 g/mol. The molecule has 0 atom stereocenters. The summed E-state index contributed by atoms with van der Waals surface area (Å²) in [7, 11) is 2.09. The van der Waals surface area contributed by atoms with Crippen molar-refractivity contribution in [3.8, 4) is 0 Å². The van der Waals surface area contributed by atoms with Gasteiger partial charge < -0.3 is 26.6 Å². The standard InChI is InChI=1S/C21H27N5O2.2ClH/c1-14-3-4-15(22)13-19(14)20(27)23-16-5-7-17(8-6-16)24-21(28)25-18-9-11-26(2)12-10-18;;/h3-8,13,18H,9-12,22H2,1-2H3,(H,23,27)(H2,24,25,28);2*1H. The van der Waals surface area contributed by atoms with Crippen molar-refractivity contribution in [2.45, 2.75) is 25.8 Å². The van der Waals surface area contributed by atoms with E-state index in [0.29, 0.717) is 22.6 Å². The van der Waals surface area contributed by atoms with Gasteiger partial charge in [-0.05, 0) is 81.9 Å². The molecule has 1 heterocycles. The second kappa shape index (κ2) is 11.6. The molecule has 1 saturated heterocycles. The number of benzene rings is 2. The van der Waals surface area contributed by atoms with Gasteiger partial charge in [-0.25, -0.2) is 4.79 Å². The van der Waals surface area contributed by atoms with E-state index in [9.17, 15) is 9.59 Å². The number of nitrogens with two attached hydrogens (primary N) is 1. The number of nitrogens with one attached hydrogen (secondary N) is 3. The minimum absolute atomic E-state index is 0. The van der Waals surface area contributed by atoms with E-state index in [4.69, 9.17) is 5.73 Å². The Morgan fingerprint density at radius 1 is 0.967 bits per heavy atom. The normalized spacial score (nSPS) is 14.1. The molecule has 5 N–H and O–H groups in total. The van der Waals surface area contributed by atoms with E-state index < -0.39 is 0 Å². The van der Waals surface area contributed by atoms with Crippen molar-refractivity contribution >= 4 is 53.8 Å². The van der Waals surface area contributed by atoms with Crippen molar-refractivity contribution in [3.63, 3.8) is 0 Å². The molecule has 1 aliphatic rings. The van der Waals surface area contributed by atoms with Crippen LogP contribution in [0.15, 0.2) is 42.5 Å². The van der Waals surface area contributed by atoms with Crippen LogP contribution in [0.3, 0.4) is 0 Å². The van der Waals surface area contributed by atoms with Crippen molar-refractivity contribution in [2.75, 3.05) is 36.5 Å². The monoisotopic (exact) mass is 453 g/mol. The number of carbonyl (C=O) groups is 2. The van der Waals surface area contributed by atoms with Gasteiger partial charge in [0, 0.05) is 28.7 Å². The van der Waals surface area contributed by atoms with E-state index in [1.165, 1.54) is 0 Å². The van der Waals surface area contributed by atoms with Crippen LogP contribution in [0.5, 0.6) is 0 Å². The van der Waals surface area contributed by atoms with Gasteiger partial charge in [-0.2, -0.15) is 0 Å². The molecule has 2 aromatic rings. The van der Waals surface area contributed by atoms with E-state index in [1.54, 1.807) is 36.4 Å². The number of hydrogen-bond acceptors (Lipinski definition) is 4. The summed E-state index contributed by atoms with van der Waals surface area (Å²) < 4.78 is 0. The Morgan fingerprint density at radius 2 is 1.53 bits per heavy atom. The Labute approximate surface area is 189 Å². The minimum Gasteiger partial charge on any atom is -0.399 e. The zero-order valence-electron chi connectivity index (χ0n) is 17.1. The van der Waals surface area contributed by atoms with Crippen LogP contribution in [0.2, 0.25) is 0 Å². The maximum atomic E-state index is 12.4. The van der Waals surface area contributed by atoms with Crippen molar-refractivity contribution < 1.29 is 9.59 Å². The predicted octanol–water partition coefficient (Wildman–Crippen LogP) is 3.89. The molecule has 0 aliphatic carbocycles. The molecule has 0 bridgehead atoms. The number of hydrogen-bond donors (Lipinski definition) is 4. The van der Waals surface area contributed by atoms with Crippen LogP contribution in [-0.2, 0) is 0 Å². The van der Waals surface area contributed by atoms with Crippen molar-refractivity contribution in [1.29, 1.82) is 0 Å². The Bertz CT molecular complexity index is 853. The number of piperidine rings is 1. The first-order valence-electron chi connectivity index (χ1n) is 9.44. The number of amides is 3. The smallest absolute Gasteiger partial charge is 0.319 e. The van der Waals surface area contributed by atoms with Gasteiger partial charge in [0.15, 0.2) is 0 Å². The summed E-state index contributed by atoms with van der Waals surface area (Å²) in [4.78, 5) is 26.9. The van der Waals surface area contributed by atoms with Gasteiger partial charge in [0.25, 0.3) is 5.91 Å². The number of nitrogens with zero attached hydrogens (tertiary/aromatic N) is 1. The maximum absolute atomic E-state index is 12.4. The van der Waals surface area contributed by atoms with Gasteiger partial charge in [0.2, 0.25) is 0 Å². The molecular weight excluding hydrogens is 425 g/mol. The Hall–Kier alpha value is -2.48. The van der Waals surface area contributed by atoms with E-state index in [0.717, 1.165) is 31.5 Å². The number of carbonyl (C=O) groups excluding carboxylic acids is 2. The van der Waals surface area contributed by atoms with Gasteiger partial charge in [0.1, 0.15) is 0 Å². The van der Waals surface area contributed by atoms with Crippen LogP contribution in [0.4, 0.5) is 21.9 Å². The molecule has 3 rings (SSSR count). The molecule has 2 aromatic carbocycles. The summed E-state index contributed by atoms with van der Waals surface area (Å²) in [6.07, 6.45) is 1.91. The molecule has 0 saturated carbocycles. The van der Waals surface area contributed by atoms with Gasteiger partial charge in [0.05, 0.1) is 0 Å². The zero-order valence-corrected chi connectivity index (χ0v) is 18.7. The second-order valence-electron chi connectivity index (χ2n) is 7.28. The SMILES string of the molecule is Cc1ccc(N)cc1C(=O)Nc1ccc(NC(=O)NC2CCN(C)CC2)cc1.Cl.Cl. The minimum atomic E-state index is -0.217. The summed E-state index contributed by atoms with van der Waals surface area (Å²) in [5.74, 6) is -0.217. The van der Waals surface area contributed by atoms with E-state index in [1.807, 2.05) is 13.0 Å². The lowest BCUT2D eigenvalue weighted by Crippen LogP contribution is -2.44. The van der Waals surface area contributed by atoms with Gasteiger partial charge in [-0.1, -0.05) is 6.07 Å². The van der Waals surface area contributed by atoms with Crippen LogP contribution in [0, 0.1) is 6.92 Å². The lowest BCUT2D eigenvalue weighted by molar-refractivity contribution is 0.102. The van der Waals surface area contributed by atoms with Gasteiger partial charge in [-0.3, -0.25) is 4.79 Å². The average Bonchev–Trinajstić information content (AvgIpc) is 2.67. The molecule has 0 radical (unpaired) electrons. The fourth-order valence-electron chi connectivity index (χ4n) is 3.23. The highest BCUT2D eigenvalue weighted by molar-refractivity contribution is 6.06. The van der Waals surface area contributed by atoms with Crippen LogP contribution < -0.4 is 21.7 Å². The Morgan fingerprint density at radius 3 is 2.13 bits per heavy atom. The Balaban J connectivity index is 0.00000225. The number of urea groups is 1. The molecular formula is C21H29Cl2N5O2. The number of aryl methyl sites for hydroxylation is 1. The van der Waals surface area contributed by atoms with Gasteiger partial charge >= 0.3 is 6.03 Å². The van der Waals surface area contributed by atoms with Crippen LogP contribution in [-0.4, -0.2) is 43.0 Å². The highest BCUT2D eigenvalue weighted by Crippen LogP contribution is 2.18. The third-order valence-corrected chi connectivity index (χ3v) is 4.96. The molecule has 30 heavy (non-hydrogen) atoms. The first kappa shape index (κ1) is 25.6. The first-order valence-corrected chi connectivity index (χ1v) is 9.44. The van der Waals surface area contributed by atoms with E-state index in [2.05, 4.69) is 27.9 Å². The quantitative estimate of drug-likeness (QED) is 0.527. The van der Waals surface area contributed by atoms with Crippen molar-refractivity contribution in [2.24, 2.45) is 0 Å². The number of halogens is 2. The summed E-state index contributed by atoms with van der Waals surface area (Å²) in [5.41, 5.74) is 9.03. The maximum Gasteiger partial charge on any atom is 0.319 e. The summed E-state index contributed by atoms with van der Waals surface area (Å²) in [6.45, 7) is 3.85. The highest BCUT2D eigenvalue weighted by Gasteiger charge is 2.18. The zero-order chi connectivity index (χ0) is 20.1. The fourth-order valence-corrected chi connectivity index (χ4v) is 3.23. The van der Waals surface area contributed by atoms with E-state index in [-0.39, 0.29) is 42.8 Å². The molecule has 1 aliphatic heterocycles. The van der Waals surface area contributed by atoms with Gasteiger partial charge in [-0.15, -0.1) is 24.8 Å². The second-order valence-corrected chi connectivity index (χ2v) is 7.28. The van der Waals surface area contributed by atoms with Crippen LogP contribution in [0.1, 0.15) is 28.8 Å². The molecule has 0 unspecified atom stereocenters. The third-order valence-electron chi connectivity index (χ3n) is 4.96. The molecule has 9 heteroatoms. The van der Waals surface area contributed by atoms with Crippen molar-refractivity contribution in [1.82, 2.24) is 10.2 Å². The topological polar surface area (TPSA) is 99.5 Å². The molecule has 0 aromatic heterocycles. The predicted molar refractivity (Wildman–Crippen MR) is 127 cm³/mol. The van der Waals surface area contributed by atoms with Crippen LogP contribution in [0.25, 0.3) is 0 Å². The summed E-state index contributed by atoms with van der Waals surface area (Å²) in [5, 5.41) is 8.69. The van der Waals surface area contributed by atoms with E-state index >= 15 is 0 Å². The molecule has 0 spiro atoms. The number of nitrogen functional groups attached to an aromatic ring is 1. The molecule has 1 fully saturated rings. The number of anilines is 3. The highest BCUT2D eigenvalue weighted by atomic mass is 35.5.